The number of benzene rings is 9. The van der Waals surface area contributed by atoms with Gasteiger partial charge in [-0.3, -0.25) is 0 Å². The van der Waals surface area contributed by atoms with Gasteiger partial charge >= 0.3 is 0 Å². The minimum absolute atomic E-state index is 1.09. The maximum absolute atomic E-state index is 2.41. The van der Waals surface area contributed by atoms with Crippen molar-refractivity contribution in [2.24, 2.45) is 0 Å². The van der Waals surface area contributed by atoms with Gasteiger partial charge in [-0.05, 0) is 103 Å². The lowest BCUT2D eigenvalue weighted by molar-refractivity contribution is 1.30. The fourth-order valence-corrected chi connectivity index (χ4v) is 7.51. The quantitative estimate of drug-likeness (QED) is 0.155. The number of rotatable bonds is 8. The van der Waals surface area contributed by atoms with E-state index in [4.69, 9.17) is 0 Å². The van der Waals surface area contributed by atoms with Crippen LogP contribution in [0, 0.1) is 0 Å². The Kier molecular flexibility index (Phi) is 8.66. The molecule has 0 saturated heterocycles. The summed E-state index contributed by atoms with van der Waals surface area (Å²) < 4.78 is 0. The Hall–Kier alpha value is -6.96. The van der Waals surface area contributed by atoms with E-state index in [0.717, 1.165) is 22.6 Å². The predicted molar refractivity (Wildman–Crippen MR) is 226 cm³/mol. The van der Waals surface area contributed by atoms with Gasteiger partial charge in [0.05, 0.1) is 5.69 Å². The van der Waals surface area contributed by atoms with Gasteiger partial charge in [-0.15, -0.1) is 0 Å². The van der Waals surface area contributed by atoms with Crippen molar-refractivity contribution in [3.8, 4) is 55.6 Å². The van der Waals surface area contributed by atoms with Crippen LogP contribution in [0.2, 0.25) is 0 Å². The molecular weight excluding hydrogens is 639 g/mol. The van der Waals surface area contributed by atoms with Crippen LogP contribution in [0.3, 0.4) is 0 Å². The molecular formula is C52H37N. The molecule has 0 heterocycles. The van der Waals surface area contributed by atoms with Gasteiger partial charge in [-0.2, -0.15) is 0 Å². The minimum atomic E-state index is 1.09. The molecule has 0 amide bonds. The van der Waals surface area contributed by atoms with Gasteiger partial charge < -0.3 is 4.90 Å². The smallest absolute Gasteiger partial charge is 0.0540 e. The van der Waals surface area contributed by atoms with E-state index in [9.17, 15) is 0 Å². The average Bonchev–Trinajstić information content (AvgIpc) is 3.25. The first kappa shape index (κ1) is 32.0. The number of hydrogen-bond acceptors (Lipinski definition) is 1. The van der Waals surface area contributed by atoms with E-state index >= 15 is 0 Å². The number of fused-ring (bicyclic) bond motifs is 1. The normalized spacial score (nSPS) is 11.0. The Labute approximate surface area is 311 Å². The van der Waals surface area contributed by atoms with Crippen LogP contribution < -0.4 is 4.90 Å². The topological polar surface area (TPSA) is 3.24 Å². The maximum atomic E-state index is 2.41. The Balaban J connectivity index is 1.28. The standard InChI is InChI=1S/C52H37N/c1-5-17-38(18-6-1)40-31-33-46(34-32-40)53(51-30-16-26-41-25-13-14-29-48(41)51)47-28-15-27-44(35-47)52-49(42-21-9-3-10-22-42)36-45(39-19-7-2-8-20-39)37-50(52)43-23-11-4-12-24-43/h1-37H. The Morgan fingerprint density at radius 1 is 0.264 bits per heavy atom. The molecule has 0 saturated carbocycles. The van der Waals surface area contributed by atoms with Crippen LogP contribution in [0.4, 0.5) is 17.1 Å². The van der Waals surface area contributed by atoms with Crippen LogP contribution in [0.25, 0.3) is 66.4 Å². The van der Waals surface area contributed by atoms with Crippen molar-refractivity contribution in [1.82, 2.24) is 0 Å². The van der Waals surface area contributed by atoms with Gasteiger partial charge in [0.1, 0.15) is 0 Å². The zero-order valence-corrected chi connectivity index (χ0v) is 29.3. The monoisotopic (exact) mass is 675 g/mol. The second-order valence-corrected chi connectivity index (χ2v) is 13.3. The van der Waals surface area contributed by atoms with E-state index in [1.807, 2.05) is 0 Å². The highest BCUT2D eigenvalue weighted by Crippen LogP contribution is 2.46. The molecule has 0 aromatic heterocycles. The van der Waals surface area contributed by atoms with Gasteiger partial charge in [0.25, 0.3) is 0 Å². The van der Waals surface area contributed by atoms with Crippen LogP contribution in [-0.4, -0.2) is 0 Å². The molecule has 9 aromatic rings. The van der Waals surface area contributed by atoms with Gasteiger partial charge in [-0.25, -0.2) is 0 Å². The van der Waals surface area contributed by atoms with Gasteiger partial charge in [-0.1, -0.05) is 182 Å². The largest absolute Gasteiger partial charge is 0.310 e. The summed E-state index contributed by atoms with van der Waals surface area (Å²) in [5.74, 6) is 0. The zero-order chi connectivity index (χ0) is 35.4. The molecule has 0 aliphatic carbocycles. The van der Waals surface area contributed by atoms with Crippen LogP contribution >= 0.6 is 0 Å². The number of hydrogen-bond donors (Lipinski definition) is 0. The highest BCUT2D eigenvalue weighted by atomic mass is 15.1. The summed E-state index contributed by atoms with van der Waals surface area (Å²) in [4.78, 5) is 2.41. The minimum Gasteiger partial charge on any atom is -0.310 e. The van der Waals surface area contributed by atoms with Gasteiger partial charge in [0, 0.05) is 16.8 Å². The summed E-state index contributed by atoms with van der Waals surface area (Å²) in [6, 6.07) is 80.9. The summed E-state index contributed by atoms with van der Waals surface area (Å²) in [7, 11) is 0. The number of nitrogens with zero attached hydrogens (tertiary/aromatic N) is 1. The molecule has 0 aliphatic rings. The molecule has 1 nitrogen and oxygen atoms in total. The Bertz CT molecular complexity index is 2560. The van der Waals surface area contributed by atoms with Crippen LogP contribution in [0.1, 0.15) is 0 Å². The van der Waals surface area contributed by atoms with E-state index in [1.54, 1.807) is 0 Å². The van der Waals surface area contributed by atoms with Crippen molar-refractivity contribution < 1.29 is 0 Å². The lowest BCUT2D eigenvalue weighted by Gasteiger charge is -2.28. The van der Waals surface area contributed by atoms with E-state index in [1.165, 1.54) is 60.8 Å². The van der Waals surface area contributed by atoms with Crippen molar-refractivity contribution in [2.45, 2.75) is 0 Å². The highest BCUT2D eigenvalue weighted by molar-refractivity contribution is 6.01. The van der Waals surface area contributed by atoms with Crippen LogP contribution in [0.5, 0.6) is 0 Å². The highest BCUT2D eigenvalue weighted by Gasteiger charge is 2.20. The first-order valence-electron chi connectivity index (χ1n) is 18.2. The molecule has 53 heavy (non-hydrogen) atoms. The number of anilines is 3. The molecule has 0 spiro atoms. The molecule has 250 valence electrons. The SMILES string of the molecule is c1ccc(-c2ccc(N(c3cccc(-c4c(-c5ccccc5)cc(-c5ccccc5)cc4-c4ccccc4)c3)c3cccc4ccccc34)cc2)cc1. The maximum Gasteiger partial charge on any atom is 0.0540 e. The summed E-state index contributed by atoms with van der Waals surface area (Å²) >= 11 is 0. The first-order chi connectivity index (χ1) is 26.3. The first-order valence-corrected chi connectivity index (χ1v) is 18.2. The van der Waals surface area contributed by atoms with Crippen molar-refractivity contribution in [3.05, 3.63) is 224 Å². The van der Waals surface area contributed by atoms with Crippen molar-refractivity contribution in [2.75, 3.05) is 4.90 Å². The van der Waals surface area contributed by atoms with Crippen LogP contribution in [-0.2, 0) is 0 Å². The van der Waals surface area contributed by atoms with Crippen molar-refractivity contribution >= 4 is 27.8 Å². The van der Waals surface area contributed by atoms with E-state index in [0.29, 0.717) is 0 Å². The fourth-order valence-electron chi connectivity index (χ4n) is 7.51. The molecule has 0 unspecified atom stereocenters. The van der Waals surface area contributed by atoms with Crippen LogP contribution in [0.15, 0.2) is 224 Å². The lowest BCUT2D eigenvalue weighted by atomic mass is 9.84. The third kappa shape index (κ3) is 6.42. The molecule has 1 heteroatoms. The Morgan fingerprint density at radius 2 is 0.717 bits per heavy atom. The van der Waals surface area contributed by atoms with Gasteiger partial charge in [0.2, 0.25) is 0 Å². The summed E-state index contributed by atoms with van der Waals surface area (Å²) in [5, 5.41) is 2.41. The third-order valence-electron chi connectivity index (χ3n) is 10.0. The molecule has 0 bridgehead atoms. The molecule has 0 fully saturated rings. The molecule has 9 aromatic carbocycles. The second-order valence-electron chi connectivity index (χ2n) is 13.3. The zero-order valence-electron chi connectivity index (χ0n) is 29.3. The molecule has 0 atom stereocenters. The fraction of sp³-hybridized carbons (Fsp3) is 0. The molecule has 0 radical (unpaired) electrons. The summed E-state index contributed by atoms with van der Waals surface area (Å²) in [5.41, 5.74) is 15.3. The van der Waals surface area contributed by atoms with Crippen molar-refractivity contribution in [1.29, 1.82) is 0 Å². The summed E-state index contributed by atoms with van der Waals surface area (Å²) in [6.45, 7) is 0. The second kappa shape index (κ2) is 14.3. The third-order valence-corrected chi connectivity index (χ3v) is 10.0. The lowest BCUT2D eigenvalue weighted by Crippen LogP contribution is -2.10. The van der Waals surface area contributed by atoms with E-state index in [-0.39, 0.29) is 0 Å². The Morgan fingerprint density at radius 3 is 1.32 bits per heavy atom. The molecule has 0 aliphatic heterocycles. The summed E-state index contributed by atoms with van der Waals surface area (Å²) in [6.07, 6.45) is 0. The van der Waals surface area contributed by atoms with E-state index < -0.39 is 0 Å². The molecule has 9 rings (SSSR count). The average molecular weight is 676 g/mol. The van der Waals surface area contributed by atoms with Crippen molar-refractivity contribution in [3.63, 3.8) is 0 Å². The predicted octanol–water partition coefficient (Wildman–Crippen LogP) is 14.6. The van der Waals surface area contributed by atoms with E-state index in [2.05, 4.69) is 229 Å². The van der Waals surface area contributed by atoms with Gasteiger partial charge in [0.15, 0.2) is 0 Å². The molecule has 0 N–H and O–H groups in total.